The zero-order chi connectivity index (χ0) is 14.3. The van der Waals surface area contributed by atoms with Crippen LogP contribution in [0.2, 0.25) is 0 Å². The lowest BCUT2D eigenvalue weighted by molar-refractivity contribution is 0.233. The zero-order valence-electron chi connectivity index (χ0n) is 10.7. The Morgan fingerprint density at radius 1 is 1.37 bits per heavy atom. The van der Waals surface area contributed by atoms with Gasteiger partial charge in [0.2, 0.25) is 10.0 Å². The van der Waals surface area contributed by atoms with Gasteiger partial charge in [0.25, 0.3) is 0 Å². The molecule has 0 saturated carbocycles. The highest BCUT2D eigenvalue weighted by molar-refractivity contribution is 7.89. The Hall–Kier alpha value is -1.55. The third-order valence-corrected chi connectivity index (χ3v) is 4.23. The van der Waals surface area contributed by atoms with Gasteiger partial charge >= 0.3 is 0 Å². The van der Waals surface area contributed by atoms with E-state index in [1.54, 1.807) is 12.1 Å². The van der Waals surface area contributed by atoms with Crippen molar-refractivity contribution in [2.24, 2.45) is 0 Å². The van der Waals surface area contributed by atoms with Crippen LogP contribution in [0.25, 0.3) is 0 Å². The summed E-state index contributed by atoms with van der Waals surface area (Å²) in [7, 11) is -2.12. The fraction of sp³-hybridized carbons (Fsp3) is 0.385. The van der Waals surface area contributed by atoms with Crippen LogP contribution < -0.4 is 4.74 Å². The molecule has 0 spiro atoms. The molecule has 0 radical (unpaired) electrons. The minimum atomic E-state index is -3.55. The Kier molecular flexibility index (Phi) is 5.83. The first-order valence-electron chi connectivity index (χ1n) is 5.76. The molecule has 0 aliphatic heterocycles. The van der Waals surface area contributed by atoms with E-state index in [0.717, 1.165) is 4.31 Å². The van der Waals surface area contributed by atoms with Crippen molar-refractivity contribution in [2.45, 2.75) is 11.3 Å². The van der Waals surface area contributed by atoms with Crippen LogP contribution in [-0.2, 0) is 10.0 Å². The molecule has 1 N–H and O–H groups in total. The van der Waals surface area contributed by atoms with E-state index in [-0.39, 0.29) is 18.0 Å². The molecule has 0 heterocycles. The first-order valence-corrected chi connectivity index (χ1v) is 7.20. The summed E-state index contributed by atoms with van der Waals surface area (Å²) in [4.78, 5) is 0.166. The van der Waals surface area contributed by atoms with Gasteiger partial charge in [-0.3, -0.25) is 0 Å². The normalized spacial score (nSPS) is 11.3. The first kappa shape index (κ1) is 15.5. The summed E-state index contributed by atoms with van der Waals surface area (Å²) in [6.07, 6.45) is 5.63. The SMILES string of the molecule is C#CCN(C)S(=O)(=O)c1ccc(OCCCO)cc1. The third kappa shape index (κ3) is 4.24. The van der Waals surface area contributed by atoms with Crippen molar-refractivity contribution in [3.8, 4) is 18.1 Å². The van der Waals surface area contributed by atoms with Gasteiger partial charge in [0.15, 0.2) is 0 Å². The van der Waals surface area contributed by atoms with Gasteiger partial charge in [-0.2, -0.15) is 4.31 Å². The lowest BCUT2D eigenvalue weighted by Gasteiger charge is -2.14. The number of sulfonamides is 1. The summed E-state index contributed by atoms with van der Waals surface area (Å²) in [5, 5.41) is 8.63. The van der Waals surface area contributed by atoms with Crippen molar-refractivity contribution in [1.82, 2.24) is 4.31 Å². The third-order valence-electron chi connectivity index (χ3n) is 2.42. The average Bonchev–Trinajstić information content (AvgIpc) is 2.40. The summed E-state index contributed by atoms with van der Waals surface area (Å²) < 4.78 is 30.5. The summed E-state index contributed by atoms with van der Waals surface area (Å²) in [5.41, 5.74) is 0. The van der Waals surface area contributed by atoms with E-state index in [2.05, 4.69) is 5.92 Å². The number of nitrogens with zero attached hydrogens (tertiary/aromatic N) is 1. The molecule has 0 bridgehead atoms. The van der Waals surface area contributed by atoms with E-state index in [1.165, 1.54) is 19.2 Å². The van der Waals surface area contributed by atoms with E-state index in [9.17, 15) is 8.42 Å². The highest BCUT2D eigenvalue weighted by Crippen LogP contribution is 2.18. The Morgan fingerprint density at radius 2 is 2.00 bits per heavy atom. The molecule has 19 heavy (non-hydrogen) atoms. The highest BCUT2D eigenvalue weighted by Gasteiger charge is 2.19. The summed E-state index contributed by atoms with van der Waals surface area (Å²) >= 11 is 0. The number of hydrogen-bond donors (Lipinski definition) is 1. The molecule has 0 unspecified atom stereocenters. The molecule has 0 saturated heterocycles. The second-order valence-corrected chi connectivity index (χ2v) is 5.91. The molecule has 0 atom stereocenters. The molecule has 5 nitrogen and oxygen atoms in total. The number of terminal acetylenes is 1. The minimum Gasteiger partial charge on any atom is -0.494 e. The predicted octanol–water partition coefficient (Wildman–Crippen LogP) is 0.702. The molecule has 104 valence electrons. The van der Waals surface area contributed by atoms with Gasteiger partial charge in [0.05, 0.1) is 18.0 Å². The molecule has 0 aromatic heterocycles. The van der Waals surface area contributed by atoms with Gasteiger partial charge in [0, 0.05) is 20.1 Å². The Bertz CT molecular complexity index is 531. The van der Waals surface area contributed by atoms with Crippen LogP contribution in [0.15, 0.2) is 29.2 Å². The van der Waals surface area contributed by atoms with Gasteiger partial charge in [-0.15, -0.1) is 6.42 Å². The summed E-state index contributed by atoms with van der Waals surface area (Å²) in [5.74, 6) is 2.85. The molecule has 6 heteroatoms. The molecule has 0 aliphatic carbocycles. The van der Waals surface area contributed by atoms with E-state index >= 15 is 0 Å². The van der Waals surface area contributed by atoms with Crippen LogP contribution in [0, 0.1) is 12.3 Å². The van der Waals surface area contributed by atoms with Crippen LogP contribution in [0.3, 0.4) is 0 Å². The monoisotopic (exact) mass is 283 g/mol. The number of rotatable bonds is 7. The topological polar surface area (TPSA) is 66.8 Å². The minimum absolute atomic E-state index is 0.0249. The molecule has 1 rings (SSSR count). The van der Waals surface area contributed by atoms with Crippen molar-refractivity contribution in [2.75, 3.05) is 26.8 Å². The maximum absolute atomic E-state index is 12.1. The Balaban J connectivity index is 2.78. The number of aliphatic hydroxyl groups is 1. The molecule has 1 aromatic rings. The zero-order valence-corrected chi connectivity index (χ0v) is 11.6. The van der Waals surface area contributed by atoms with Gasteiger partial charge in [0.1, 0.15) is 5.75 Å². The van der Waals surface area contributed by atoms with Crippen LogP contribution >= 0.6 is 0 Å². The standard InChI is InChI=1S/C13H17NO4S/c1-3-9-14(2)19(16,17)13-7-5-12(6-8-13)18-11-4-10-15/h1,5-8,15H,4,9-11H2,2H3. The quantitative estimate of drug-likeness (QED) is 0.591. The van der Waals surface area contributed by atoms with Crippen molar-refractivity contribution >= 4 is 10.0 Å². The van der Waals surface area contributed by atoms with Crippen LogP contribution in [0.1, 0.15) is 6.42 Å². The van der Waals surface area contributed by atoms with E-state index in [0.29, 0.717) is 18.8 Å². The van der Waals surface area contributed by atoms with E-state index in [4.69, 9.17) is 16.3 Å². The van der Waals surface area contributed by atoms with Gasteiger partial charge in [-0.25, -0.2) is 8.42 Å². The van der Waals surface area contributed by atoms with Crippen molar-refractivity contribution in [3.63, 3.8) is 0 Å². The molecule has 0 aliphatic rings. The smallest absolute Gasteiger partial charge is 0.243 e. The van der Waals surface area contributed by atoms with Crippen molar-refractivity contribution in [1.29, 1.82) is 0 Å². The second-order valence-electron chi connectivity index (χ2n) is 3.86. The molecular formula is C13H17NO4S. The lowest BCUT2D eigenvalue weighted by Crippen LogP contribution is -2.27. The molecular weight excluding hydrogens is 266 g/mol. The summed E-state index contributed by atoms with van der Waals surface area (Å²) in [6.45, 7) is 0.472. The van der Waals surface area contributed by atoms with Crippen molar-refractivity contribution in [3.05, 3.63) is 24.3 Å². The number of benzene rings is 1. The number of hydrogen-bond acceptors (Lipinski definition) is 4. The fourth-order valence-corrected chi connectivity index (χ4v) is 2.44. The fourth-order valence-electron chi connectivity index (χ4n) is 1.36. The molecule has 0 fully saturated rings. The Morgan fingerprint density at radius 3 is 2.53 bits per heavy atom. The van der Waals surface area contributed by atoms with Crippen molar-refractivity contribution < 1.29 is 18.3 Å². The molecule has 0 amide bonds. The van der Waals surface area contributed by atoms with E-state index in [1.807, 2.05) is 0 Å². The van der Waals surface area contributed by atoms with Crippen LogP contribution in [-0.4, -0.2) is 44.6 Å². The predicted molar refractivity (Wildman–Crippen MR) is 72.3 cm³/mol. The van der Waals surface area contributed by atoms with Gasteiger partial charge in [-0.1, -0.05) is 5.92 Å². The lowest BCUT2D eigenvalue weighted by atomic mass is 10.3. The van der Waals surface area contributed by atoms with Gasteiger partial charge < -0.3 is 9.84 Å². The highest BCUT2D eigenvalue weighted by atomic mass is 32.2. The second kappa shape index (κ2) is 7.14. The van der Waals surface area contributed by atoms with Gasteiger partial charge in [-0.05, 0) is 24.3 Å². The Labute approximate surface area is 113 Å². The maximum Gasteiger partial charge on any atom is 0.243 e. The summed E-state index contributed by atoms with van der Waals surface area (Å²) in [6, 6.07) is 6.09. The van der Waals surface area contributed by atoms with E-state index < -0.39 is 10.0 Å². The van der Waals surface area contributed by atoms with Crippen LogP contribution in [0.4, 0.5) is 0 Å². The maximum atomic E-state index is 12.1. The number of ether oxygens (including phenoxy) is 1. The number of aliphatic hydroxyl groups excluding tert-OH is 1. The first-order chi connectivity index (χ1) is 9.02. The largest absolute Gasteiger partial charge is 0.494 e. The van der Waals surface area contributed by atoms with Crippen LogP contribution in [0.5, 0.6) is 5.75 Å². The average molecular weight is 283 g/mol. The molecule has 1 aromatic carbocycles.